The van der Waals surface area contributed by atoms with E-state index in [4.69, 9.17) is 19.2 Å². The largest absolute Gasteiger partial charge is 0.464 e. The summed E-state index contributed by atoms with van der Waals surface area (Å²) in [5.41, 5.74) is -0.406. The van der Waals surface area contributed by atoms with Gasteiger partial charge >= 0.3 is 5.97 Å². The first-order valence-electron chi connectivity index (χ1n) is 6.49. The van der Waals surface area contributed by atoms with E-state index in [1.807, 2.05) is 30.3 Å². The van der Waals surface area contributed by atoms with E-state index >= 15 is 0 Å². The molecule has 2 unspecified atom stereocenters. The predicted molar refractivity (Wildman–Crippen MR) is 64.8 cm³/mol. The van der Waals surface area contributed by atoms with Crippen LogP contribution >= 0.6 is 0 Å². The summed E-state index contributed by atoms with van der Waals surface area (Å²) in [6.45, 7) is 2.59. The number of rotatable bonds is 3. The van der Waals surface area contributed by atoms with Crippen molar-refractivity contribution in [3.05, 3.63) is 35.9 Å². The third-order valence-corrected chi connectivity index (χ3v) is 3.57. The second kappa shape index (κ2) is 4.59. The predicted octanol–water partition coefficient (Wildman–Crippen LogP) is 1.91. The summed E-state index contributed by atoms with van der Waals surface area (Å²) in [7, 11) is 0. The van der Waals surface area contributed by atoms with Gasteiger partial charge in [-0.15, -0.1) is 0 Å². The fraction of sp³-hybridized carbons (Fsp3) is 0.500. The van der Waals surface area contributed by atoms with Crippen molar-refractivity contribution < 1.29 is 24.0 Å². The molecule has 0 saturated carbocycles. The Morgan fingerprint density at radius 1 is 1.32 bits per heavy atom. The van der Waals surface area contributed by atoms with Crippen LogP contribution in [0.1, 0.15) is 25.3 Å². The number of benzene rings is 1. The summed E-state index contributed by atoms with van der Waals surface area (Å²) in [6, 6.07) is 9.37. The van der Waals surface area contributed by atoms with Crippen molar-refractivity contribution in [2.45, 2.75) is 31.2 Å². The summed E-state index contributed by atoms with van der Waals surface area (Å²) in [6.07, 6.45) is 1.26. The van der Waals surface area contributed by atoms with Crippen LogP contribution in [0.25, 0.3) is 0 Å². The molecule has 0 aliphatic carbocycles. The molecule has 102 valence electrons. The molecule has 2 fully saturated rings. The standard InChI is InChI=1S/C14H16O5/c1-2-16-12(15)13-9-6-10-17-14(13,19-18-13)11-7-4-3-5-8-11/h3-5,7-8H,2,6,9-10H2,1H3. The van der Waals surface area contributed by atoms with Crippen LogP contribution in [-0.4, -0.2) is 24.8 Å². The molecular weight excluding hydrogens is 248 g/mol. The number of esters is 1. The lowest BCUT2D eigenvalue weighted by molar-refractivity contribution is -0.617. The molecule has 1 aromatic carbocycles. The van der Waals surface area contributed by atoms with Gasteiger partial charge in [-0.3, -0.25) is 0 Å². The summed E-state index contributed by atoms with van der Waals surface area (Å²) in [4.78, 5) is 22.7. The van der Waals surface area contributed by atoms with E-state index < -0.39 is 17.4 Å². The van der Waals surface area contributed by atoms with Crippen LogP contribution in [0.3, 0.4) is 0 Å². The van der Waals surface area contributed by atoms with Gasteiger partial charge in [-0.05, 0) is 19.8 Å². The number of carbonyl (C=O) groups excluding carboxylic acids is 1. The zero-order valence-corrected chi connectivity index (χ0v) is 10.8. The van der Waals surface area contributed by atoms with E-state index in [9.17, 15) is 4.79 Å². The molecule has 2 aliphatic heterocycles. The molecule has 0 spiro atoms. The lowest BCUT2D eigenvalue weighted by Crippen LogP contribution is -2.72. The maximum Gasteiger partial charge on any atom is 0.348 e. The van der Waals surface area contributed by atoms with Crippen LogP contribution in [0.15, 0.2) is 30.3 Å². The van der Waals surface area contributed by atoms with Crippen LogP contribution in [0.4, 0.5) is 0 Å². The van der Waals surface area contributed by atoms with Gasteiger partial charge in [0.1, 0.15) is 0 Å². The van der Waals surface area contributed by atoms with E-state index in [1.165, 1.54) is 0 Å². The Bertz CT molecular complexity index is 474. The van der Waals surface area contributed by atoms with E-state index in [2.05, 4.69) is 0 Å². The molecule has 3 rings (SSSR count). The highest BCUT2D eigenvalue weighted by atomic mass is 17.3. The molecule has 5 heteroatoms. The minimum atomic E-state index is -1.18. The topological polar surface area (TPSA) is 54.0 Å². The van der Waals surface area contributed by atoms with E-state index in [0.29, 0.717) is 19.6 Å². The molecular formula is C14H16O5. The lowest BCUT2D eigenvalue weighted by Gasteiger charge is -2.55. The highest BCUT2D eigenvalue weighted by molar-refractivity contribution is 5.82. The second-order valence-electron chi connectivity index (χ2n) is 4.65. The van der Waals surface area contributed by atoms with Crippen molar-refractivity contribution in [2.24, 2.45) is 0 Å². The summed E-state index contributed by atoms with van der Waals surface area (Å²) in [5, 5.41) is 0. The summed E-state index contributed by atoms with van der Waals surface area (Å²) in [5.74, 6) is -1.59. The highest BCUT2D eigenvalue weighted by Gasteiger charge is 2.73. The van der Waals surface area contributed by atoms with Gasteiger partial charge in [0.05, 0.1) is 13.2 Å². The summed E-state index contributed by atoms with van der Waals surface area (Å²) >= 11 is 0. The van der Waals surface area contributed by atoms with Crippen molar-refractivity contribution >= 4 is 5.97 Å². The van der Waals surface area contributed by atoms with Crippen LogP contribution in [0, 0.1) is 0 Å². The van der Waals surface area contributed by atoms with Crippen molar-refractivity contribution in [1.29, 1.82) is 0 Å². The number of hydrogen-bond donors (Lipinski definition) is 0. The molecule has 1 aromatic rings. The first kappa shape index (κ1) is 12.6. The van der Waals surface area contributed by atoms with Gasteiger partial charge in [-0.25, -0.2) is 9.68 Å². The van der Waals surface area contributed by atoms with Crippen LogP contribution < -0.4 is 0 Å². The maximum atomic E-state index is 12.3. The minimum absolute atomic E-state index is 0.300. The molecule has 0 aromatic heterocycles. The van der Waals surface area contributed by atoms with E-state index in [0.717, 1.165) is 12.0 Å². The highest BCUT2D eigenvalue weighted by Crippen LogP contribution is 2.54. The first-order valence-corrected chi connectivity index (χ1v) is 6.49. The number of hydrogen-bond acceptors (Lipinski definition) is 5. The van der Waals surface area contributed by atoms with Gasteiger partial charge < -0.3 is 9.47 Å². The molecule has 2 heterocycles. The Morgan fingerprint density at radius 2 is 2.11 bits per heavy atom. The van der Waals surface area contributed by atoms with Gasteiger partial charge in [0.2, 0.25) is 0 Å². The zero-order valence-electron chi connectivity index (χ0n) is 10.8. The monoisotopic (exact) mass is 264 g/mol. The van der Waals surface area contributed by atoms with Crippen LogP contribution in [0.5, 0.6) is 0 Å². The Kier molecular flexibility index (Phi) is 3.05. The fourth-order valence-electron chi connectivity index (χ4n) is 2.64. The maximum absolute atomic E-state index is 12.3. The Morgan fingerprint density at radius 3 is 2.74 bits per heavy atom. The Balaban J connectivity index is 2.00. The number of carbonyl (C=O) groups is 1. The average molecular weight is 264 g/mol. The summed E-state index contributed by atoms with van der Waals surface area (Å²) < 4.78 is 10.9. The van der Waals surface area contributed by atoms with Gasteiger partial charge in [0.25, 0.3) is 11.4 Å². The smallest absolute Gasteiger partial charge is 0.348 e. The molecule has 5 nitrogen and oxygen atoms in total. The number of ether oxygens (including phenoxy) is 2. The van der Waals surface area contributed by atoms with E-state index in [1.54, 1.807) is 6.92 Å². The quantitative estimate of drug-likeness (QED) is 0.616. The van der Waals surface area contributed by atoms with Gasteiger partial charge in [0.15, 0.2) is 0 Å². The minimum Gasteiger partial charge on any atom is -0.464 e. The molecule has 2 aliphatic rings. The Labute approximate surface area is 111 Å². The average Bonchev–Trinajstić information content (AvgIpc) is 2.42. The van der Waals surface area contributed by atoms with Gasteiger partial charge in [-0.1, -0.05) is 30.3 Å². The van der Waals surface area contributed by atoms with Crippen molar-refractivity contribution in [3.8, 4) is 0 Å². The fourth-order valence-corrected chi connectivity index (χ4v) is 2.64. The van der Waals surface area contributed by atoms with E-state index in [-0.39, 0.29) is 0 Å². The van der Waals surface area contributed by atoms with Crippen molar-refractivity contribution in [1.82, 2.24) is 0 Å². The van der Waals surface area contributed by atoms with Crippen LogP contribution in [-0.2, 0) is 29.8 Å². The third-order valence-electron chi connectivity index (χ3n) is 3.57. The molecule has 0 N–H and O–H groups in total. The number of fused-ring (bicyclic) bond motifs is 1. The normalized spacial score (nSPS) is 33.1. The second-order valence-corrected chi connectivity index (χ2v) is 4.65. The zero-order chi connectivity index (χ0) is 13.3. The third kappa shape index (κ3) is 1.62. The molecule has 0 amide bonds. The molecule has 0 radical (unpaired) electrons. The van der Waals surface area contributed by atoms with Crippen molar-refractivity contribution in [3.63, 3.8) is 0 Å². The molecule has 2 atom stereocenters. The van der Waals surface area contributed by atoms with Crippen molar-refractivity contribution in [2.75, 3.05) is 13.2 Å². The molecule has 0 bridgehead atoms. The SMILES string of the molecule is CCOC(=O)C12CCCOC1(c1ccccc1)OO2. The Hall–Kier alpha value is -1.43. The van der Waals surface area contributed by atoms with Crippen LogP contribution in [0.2, 0.25) is 0 Å². The lowest BCUT2D eigenvalue weighted by atomic mass is 9.80. The first-order chi connectivity index (χ1) is 9.25. The molecule has 19 heavy (non-hydrogen) atoms. The van der Waals surface area contributed by atoms with Gasteiger partial charge in [0, 0.05) is 5.56 Å². The molecule has 2 saturated heterocycles. The van der Waals surface area contributed by atoms with Gasteiger partial charge in [-0.2, -0.15) is 4.89 Å².